The zero-order valence-electron chi connectivity index (χ0n) is 11.0. The van der Waals surface area contributed by atoms with E-state index in [0.717, 1.165) is 25.8 Å². The number of carbonyl (C=O) groups is 1. The Morgan fingerprint density at radius 3 is 2.56 bits per heavy atom. The summed E-state index contributed by atoms with van der Waals surface area (Å²) in [6.45, 7) is 6.22. The van der Waals surface area contributed by atoms with Crippen LogP contribution in [0.2, 0.25) is 0 Å². The molecule has 0 aromatic carbocycles. The Morgan fingerprint density at radius 2 is 2.06 bits per heavy atom. The van der Waals surface area contributed by atoms with Gasteiger partial charge in [-0.1, -0.05) is 19.8 Å². The number of hydrogen-bond donors (Lipinski definition) is 0. The summed E-state index contributed by atoms with van der Waals surface area (Å²) in [6, 6.07) is -0.134. The molecule has 0 N–H and O–H groups in total. The normalized spacial score (nSPS) is 12.8. The van der Waals surface area contributed by atoms with Crippen molar-refractivity contribution in [2.75, 3.05) is 33.9 Å². The van der Waals surface area contributed by atoms with E-state index in [1.54, 1.807) is 0 Å². The first-order valence-electron chi connectivity index (χ1n) is 6.03. The highest BCUT2D eigenvalue weighted by Crippen LogP contribution is 2.08. The summed E-state index contributed by atoms with van der Waals surface area (Å²) in [5.74, 6) is -0.146. The molecule has 96 valence electrons. The van der Waals surface area contributed by atoms with Crippen LogP contribution >= 0.6 is 0 Å². The van der Waals surface area contributed by atoms with E-state index in [4.69, 9.17) is 9.47 Å². The van der Waals surface area contributed by atoms with Crippen LogP contribution in [0.3, 0.4) is 0 Å². The highest BCUT2D eigenvalue weighted by atomic mass is 16.5. The molecule has 0 aromatic heterocycles. The van der Waals surface area contributed by atoms with E-state index < -0.39 is 0 Å². The first-order valence-corrected chi connectivity index (χ1v) is 6.03. The second-order valence-electron chi connectivity index (χ2n) is 3.86. The third-order valence-corrected chi connectivity index (χ3v) is 2.63. The smallest absolute Gasteiger partial charge is 0.323 e. The van der Waals surface area contributed by atoms with Crippen LogP contribution in [-0.2, 0) is 14.3 Å². The number of unbranched alkanes of at least 4 members (excludes halogenated alkanes) is 1. The summed E-state index contributed by atoms with van der Waals surface area (Å²) in [5, 5.41) is 0. The van der Waals surface area contributed by atoms with Gasteiger partial charge in [0.2, 0.25) is 0 Å². The second-order valence-corrected chi connectivity index (χ2v) is 3.86. The lowest BCUT2D eigenvalue weighted by molar-refractivity contribution is -0.147. The summed E-state index contributed by atoms with van der Waals surface area (Å²) in [7, 11) is 3.38. The molecule has 0 radical (unpaired) electrons. The van der Waals surface area contributed by atoms with Gasteiger partial charge in [-0.3, -0.25) is 9.69 Å². The van der Waals surface area contributed by atoms with Crippen LogP contribution in [0.4, 0.5) is 0 Å². The van der Waals surface area contributed by atoms with Gasteiger partial charge < -0.3 is 9.47 Å². The van der Waals surface area contributed by atoms with Crippen molar-refractivity contribution in [3.63, 3.8) is 0 Å². The first-order chi connectivity index (χ1) is 7.67. The fourth-order valence-corrected chi connectivity index (χ4v) is 1.56. The zero-order chi connectivity index (χ0) is 12.4. The topological polar surface area (TPSA) is 38.8 Å². The van der Waals surface area contributed by atoms with Gasteiger partial charge in [0.15, 0.2) is 0 Å². The molecule has 0 aliphatic heterocycles. The Kier molecular flexibility index (Phi) is 9.24. The van der Waals surface area contributed by atoms with Gasteiger partial charge in [0.05, 0.1) is 13.7 Å². The van der Waals surface area contributed by atoms with E-state index in [1.807, 2.05) is 18.9 Å². The summed E-state index contributed by atoms with van der Waals surface area (Å²) < 4.78 is 10.1. The van der Waals surface area contributed by atoms with E-state index in [-0.39, 0.29) is 12.0 Å². The molecule has 0 bridgehead atoms. The molecule has 4 nitrogen and oxygen atoms in total. The number of methoxy groups -OCH3 is 1. The lowest BCUT2D eigenvalue weighted by atomic mass is 10.1. The molecular formula is C12H25NO3. The van der Waals surface area contributed by atoms with Crippen LogP contribution in [0, 0.1) is 0 Å². The molecule has 0 aromatic rings. The summed E-state index contributed by atoms with van der Waals surface area (Å²) in [5.41, 5.74) is 0. The number of ether oxygens (including phenoxy) is 2. The summed E-state index contributed by atoms with van der Waals surface area (Å²) in [4.78, 5) is 13.6. The monoisotopic (exact) mass is 231 g/mol. The van der Waals surface area contributed by atoms with Gasteiger partial charge in [0.1, 0.15) is 6.04 Å². The first kappa shape index (κ1) is 15.4. The predicted molar refractivity (Wildman–Crippen MR) is 64.5 cm³/mol. The van der Waals surface area contributed by atoms with Crippen molar-refractivity contribution >= 4 is 5.97 Å². The lowest BCUT2D eigenvalue weighted by Crippen LogP contribution is -2.41. The minimum Gasteiger partial charge on any atom is -0.468 e. The van der Waals surface area contributed by atoms with Crippen molar-refractivity contribution in [3.05, 3.63) is 0 Å². The molecule has 0 rings (SSSR count). The van der Waals surface area contributed by atoms with Gasteiger partial charge in [-0.15, -0.1) is 0 Å². The van der Waals surface area contributed by atoms with Crippen LogP contribution in [-0.4, -0.2) is 50.8 Å². The van der Waals surface area contributed by atoms with E-state index in [2.05, 4.69) is 6.92 Å². The van der Waals surface area contributed by atoms with E-state index >= 15 is 0 Å². The molecule has 0 fully saturated rings. The molecule has 0 saturated heterocycles. The number of nitrogens with zero attached hydrogens (tertiary/aromatic N) is 1. The second kappa shape index (κ2) is 9.60. The largest absolute Gasteiger partial charge is 0.468 e. The number of likely N-dealkylation sites (N-methyl/N-ethyl adjacent to an activating group) is 1. The third kappa shape index (κ3) is 6.08. The molecule has 4 heteroatoms. The Labute approximate surface area is 98.9 Å². The van der Waals surface area contributed by atoms with Crippen molar-refractivity contribution in [3.8, 4) is 0 Å². The van der Waals surface area contributed by atoms with Crippen LogP contribution in [0.15, 0.2) is 0 Å². The molecule has 1 unspecified atom stereocenters. The Balaban J connectivity index is 4.09. The number of esters is 1. The minimum absolute atomic E-state index is 0.134. The predicted octanol–water partition coefficient (Wildman–Crippen LogP) is 1.69. The molecule has 0 amide bonds. The minimum atomic E-state index is -0.146. The maximum absolute atomic E-state index is 11.6. The van der Waals surface area contributed by atoms with E-state index in [9.17, 15) is 4.79 Å². The highest BCUT2D eigenvalue weighted by molar-refractivity contribution is 5.75. The van der Waals surface area contributed by atoms with Gasteiger partial charge in [-0.05, 0) is 20.4 Å². The average molecular weight is 231 g/mol. The van der Waals surface area contributed by atoms with Crippen molar-refractivity contribution in [1.82, 2.24) is 4.90 Å². The van der Waals surface area contributed by atoms with Crippen molar-refractivity contribution in [2.45, 2.75) is 39.2 Å². The average Bonchev–Trinajstić information content (AvgIpc) is 2.29. The molecule has 1 atom stereocenters. The van der Waals surface area contributed by atoms with E-state index in [0.29, 0.717) is 13.2 Å². The number of carbonyl (C=O) groups excluding carboxylic acids is 1. The Bertz CT molecular complexity index is 185. The van der Waals surface area contributed by atoms with Crippen molar-refractivity contribution in [2.24, 2.45) is 0 Å². The van der Waals surface area contributed by atoms with Crippen LogP contribution in [0.1, 0.15) is 33.1 Å². The standard InChI is InChI=1S/C12H25NO3/c1-5-7-8-11(12(14)15-4)13(3)9-10-16-6-2/h11H,5-10H2,1-4H3. The molecule has 0 heterocycles. The molecule has 16 heavy (non-hydrogen) atoms. The van der Waals surface area contributed by atoms with Crippen LogP contribution < -0.4 is 0 Å². The van der Waals surface area contributed by atoms with Crippen LogP contribution in [0.5, 0.6) is 0 Å². The number of hydrogen-bond acceptors (Lipinski definition) is 4. The fraction of sp³-hybridized carbons (Fsp3) is 0.917. The Morgan fingerprint density at radius 1 is 1.38 bits per heavy atom. The summed E-state index contributed by atoms with van der Waals surface area (Å²) >= 11 is 0. The van der Waals surface area contributed by atoms with Gasteiger partial charge in [-0.2, -0.15) is 0 Å². The molecule has 0 aliphatic rings. The van der Waals surface area contributed by atoms with Gasteiger partial charge in [0.25, 0.3) is 0 Å². The van der Waals surface area contributed by atoms with Gasteiger partial charge in [-0.25, -0.2) is 0 Å². The van der Waals surface area contributed by atoms with Crippen molar-refractivity contribution < 1.29 is 14.3 Å². The SMILES string of the molecule is CCCCC(C(=O)OC)N(C)CCOCC. The maximum Gasteiger partial charge on any atom is 0.323 e. The van der Waals surface area contributed by atoms with Gasteiger partial charge >= 0.3 is 5.97 Å². The highest BCUT2D eigenvalue weighted by Gasteiger charge is 2.22. The van der Waals surface area contributed by atoms with Crippen molar-refractivity contribution in [1.29, 1.82) is 0 Å². The van der Waals surface area contributed by atoms with E-state index in [1.165, 1.54) is 7.11 Å². The van der Waals surface area contributed by atoms with Crippen LogP contribution in [0.25, 0.3) is 0 Å². The zero-order valence-corrected chi connectivity index (χ0v) is 11.0. The fourth-order valence-electron chi connectivity index (χ4n) is 1.56. The molecule has 0 aliphatic carbocycles. The van der Waals surface area contributed by atoms with Gasteiger partial charge in [0, 0.05) is 13.2 Å². The maximum atomic E-state index is 11.6. The summed E-state index contributed by atoms with van der Waals surface area (Å²) in [6.07, 6.45) is 2.98. The molecule has 0 saturated carbocycles. The quantitative estimate of drug-likeness (QED) is 0.447. The third-order valence-electron chi connectivity index (χ3n) is 2.63. The Hall–Kier alpha value is -0.610. The molecular weight excluding hydrogens is 206 g/mol. The lowest BCUT2D eigenvalue weighted by Gasteiger charge is -2.25. The molecule has 0 spiro atoms. The number of rotatable bonds is 9.